The van der Waals surface area contributed by atoms with Crippen molar-refractivity contribution in [3.63, 3.8) is 0 Å². The van der Waals surface area contributed by atoms with Gasteiger partial charge in [-0.2, -0.15) is 0 Å². The molecular formula is C27H30N4O2. The number of carbonyl (C=O) groups is 1. The third-order valence-electron chi connectivity index (χ3n) is 7.28. The van der Waals surface area contributed by atoms with Gasteiger partial charge in [0, 0.05) is 12.1 Å². The number of nitrogens with one attached hydrogen (secondary N) is 1. The van der Waals surface area contributed by atoms with E-state index in [1.807, 2.05) is 30.7 Å². The minimum atomic E-state index is -0.422. The Hall–Kier alpha value is -3.25. The molecule has 6 heteroatoms. The zero-order valence-electron chi connectivity index (χ0n) is 18.9. The van der Waals surface area contributed by atoms with Gasteiger partial charge in [-0.25, -0.2) is 9.97 Å². The van der Waals surface area contributed by atoms with Crippen molar-refractivity contribution in [1.82, 2.24) is 14.5 Å². The summed E-state index contributed by atoms with van der Waals surface area (Å²) >= 11 is 0. The van der Waals surface area contributed by atoms with Gasteiger partial charge in [0.05, 0.1) is 30.4 Å². The summed E-state index contributed by atoms with van der Waals surface area (Å²) in [6, 6.07) is 16.0. The van der Waals surface area contributed by atoms with Crippen LogP contribution in [0.3, 0.4) is 0 Å². The van der Waals surface area contributed by atoms with E-state index in [-0.39, 0.29) is 23.8 Å². The first-order chi connectivity index (χ1) is 16.1. The number of aromatic nitrogens is 3. The van der Waals surface area contributed by atoms with Crippen molar-refractivity contribution in [2.24, 2.45) is 11.8 Å². The molecule has 1 amide bonds. The number of anilines is 1. The normalized spacial score (nSPS) is 23.3. The highest BCUT2D eigenvalue weighted by Crippen LogP contribution is 2.45. The Morgan fingerprint density at radius 3 is 2.61 bits per heavy atom. The van der Waals surface area contributed by atoms with E-state index in [4.69, 9.17) is 0 Å². The molecule has 6 nitrogen and oxygen atoms in total. The lowest BCUT2D eigenvalue weighted by Gasteiger charge is -2.32. The standard InChI is InChI=1S/C27H30N4O2/c1-18-23-16-28-17-31(23)22(26(18)20-7-3-2-4-8-20)15-24(32)19-10-12-21(13-11-19)27(33)30-25-9-5-6-14-29-25/h2-9,14,16-17,19,21-22,24,32H,10-13,15H2,1H3,(H,29,30,33). The molecule has 33 heavy (non-hydrogen) atoms. The molecule has 2 aromatic heterocycles. The summed E-state index contributed by atoms with van der Waals surface area (Å²) in [5.74, 6) is 0.807. The van der Waals surface area contributed by atoms with Crippen LogP contribution in [0, 0.1) is 11.8 Å². The maximum atomic E-state index is 12.6. The zero-order valence-corrected chi connectivity index (χ0v) is 18.9. The average Bonchev–Trinajstić information content (AvgIpc) is 3.43. The van der Waals surface area contributed by atoms with Crippen molar-refractivity contribution in [2.45, 2.75) is 51.2 Å². The molecule has 0 spiro atoms. The topological polar surface area (TPSA) is 80.0 Å². The molecule has 5 rings (SSSR count). The van der Waals surface area contributed by atoms with Gasteiger partial charge in [0.1, 0.15) is 5.82 Å². The van der Waals surface area contributed by atoms with E-state index in [0.29, 0.717) is 12.2 Å². The second kappa shape index (κ2) is 9.32. The molecule has 2 atom stereocenters. The van der Waals surface area contributed by atoms with Gasteiger partial charge in [-0.3, -0.25) is 4.79 Å². The minimum absolute atomic E-state index is 0.0239. The van der Waals surface area contributed by atoms with Crippen molar-refractivity contribution in [1.29, 1.82) is 0 Å². The van der Waals surface area contributed by atoms with Crippen molar-refractivity contribution < 1.29 is 9.90 Å². The molecule has 0 saturated heterocycles. The number of allylic oxidation sites excluding steroid dienone is 2. The van der Waals surface area contributed by atoms with Gasteiger partial charge in [-0.15, -0.1) is 0 Å². The van der Waals surface area contributed by atoms with Crippen LogP contribution in [0.1, 0.15) is 56.3 Å². The van der Waals surface area contributed by atoms with Crippen LogP contribution in [0.15, 0.2) is 67.3 Å². The fourth-order valence-corrected chi connectivity index (χ4v) is 5.48. The zero-order chi connectivity index (χ0) is 22.8. The van der Waals surface area contributed by atoms with Crippen LogP contribution >= 0.6 is 0 Å². The second-order valence-corrected chi connectivity index (χ2v) is 9.23. The summed E-state index contributed by atoms with van der Waals surface area (Å²) in [5.41, 5.74) is 4.83. The molecule has 0 bridgehead atoms. The van der Waals surface area contributed by atoms with E-state index >= 15 is 0 Å². The number of imidazole rings is 1. The fourth-order valence-electron chi connectivity index (χ4n) is 5.48. The number of fused-ring (bicyclic) bond motifs is 1. The molecule has 3 aromatic rings. The van der Waals surface area contributed by atoms with Gasteiger partial charge in [-0.05, 0) is 73.8 Å². The first kappa shape index (κ1) is 21.6. The molecule has 1 fully saturated rings. The van der Waals surface area contributed by atoms with Crippen molar-refractivity contribution in [3.05, 3.63) is 78.5 Å². The lowest BCUT2D eigenvalue weighted by Crippen LogP contribution is -2.32. The number of aliphatic hydroxyl groups excluding tert-OH is 1. The van der Waals surface area contributed by atoms with Gasteiger partial charge in [-0.1, -0.05) is 36.4 Å². The summed E-state index contributed by atoms with van der Waals surface area (Å²) in [4.78, 5) is 21.2. The maximum Gasteiger partial charge on any atom is 0.228 e. The molecular weight excluding hydrogens is 412 g/mol. The van der Waals surface area contributed by atoms with E-state index in [1.165, 1.54) is 16.7 Å². The first-order valence-electron chi connectivity index (χ1n) is 11.8. The Kier molecular flexibility index (Phi) is 6.09. The van der Waals surface area contributed by atoms with Crippen LogP contribution in [0.4, 0.5) is 5.82 Å². The Morgan fingerprint density at radius 1 is 1.12 bits per heavy atom. The number of benzene rings is 1. The van der Waals surface area contributed by atoms with Crippen LogP contribution in [0.2, 0.25) is 0 Å². The molecule has 2 unspecified atom stereocenters. The molecule has 1 aromatic carbocycles. The SMILES string of the molecule is CC1=C(c2ccccc2)C(CC(O)C2CCC(C(=O)Nc3ccccn3)CC2)n2cncc21. The third kappa shape index (κ3) is 4.35. The smallest absolute Gasteiger partial charge is 0.228 e. The summed E-state index contributed by atoms with van der Waals surface area (Å²) in [7, 11) is 0. The summed E-state index contributed by atoms with van der Waals surface area (Å²) in [6.07, 6.45) is 9.00. The quantitative estimate of drug-likeness (QED) is 0.565. The summed E-state index contributed by atoms with van der Waals surface area (Å²) in [6.45, 7) is 2.15. The molecule has 1 aliphatic heterocycles. The van der Waals surface area contributed by atoms with Crippen LogP contribution < -0.4 is 5.32 Å². The molecule has 0 radical (unpaired) electrons. The minimum Gasteiger partial charge on any atom is -0.393 e. The molecule has 1 saturated carbocycles. The van der Waals surface area contributed by atoms with Gasteiger partial charge in [0.15, 0.2) is 0 Å². The molecule has 170 valence electrons. The van der Waals surface area contributed by atoms with Crippen LogP contribution in [0.5, 0.6) is 0 Å². The van der Waals surface area contributed by atoms with Crippen molar-refractivity contribution in [3.8, 4) is 0 Å². The number of pyridine rings is 1. The number of hydrogen-bond donors (Lipinski definition) is 2. The van der Waals surface area contributed by atoms with E-state index in [2.05, 4.69) is 51.0 Å². The average molecular weight is 443 g/mol. The maximum absolute atomic E-state index is 12.6. The van der Waals surface area contributed by atoms with Gasteiger partial charge in [0.25, 0.3) is 0 Å². The molecule has 2 aliphatic rings. The molecule has 1 aliphatic carbocycles. The number of rotatable bonds is 6. The molecule has 2 N–H and O–H groups in total. The van der Waals surface area contributed by atoms with E-state index in [9.17, 15) is 9.90 Å². The summed E-state index contributed by atoms with van der Waals surface area (Å²) < 4.78 is 2.20. The van der Waals surface area contributed by atoms with Crippen molar-refractivity contribution in [2.75, 3.05) is 5.32 Å². The number of aliphatic hydroxyl groups is 1. The Labute approximate surface area is 194 Å². The first-order valence-corrected chi connectivity index (χ1v) is 11.8. The lowest BCUT2D eigenvalue weighted by atomic mass is 9.77. The van der Waals surface area contributed by atoms with E-state index in [1.54, 1.807) is 12.3 Å². The monoisotopic (exact) mass is 442 g/mol. The van der Waals surface area contributed by atoms with Crippen LogP contribution in [-0.2, 0) is 4.79 Å². The highest BCUT2D eigenvalue weighted by atomic mass is 16.3. The fraction of sp³-hybridized carbons (Fsp3) is 0.370. The highest BCUT2D eigenvalue weighted by Gasteiger charge is 2.35. The third-order valence-corrected chi connectivity index (χ3v) is 7.28. The number of hydrogen-bond acceptors (Lipinski definition) is 4. The van der Waals surface area contributed by atoms with Gasteiger partial charge < -0.3 is 15.0 Å². The van der Waals surface area contributed by atoms with Gasteiger partial charge >= 0.3 is 0 Å². The predicted octanol–water partition coefficient (Wildman–Crippen LogP) is 4.96. The van der Waals surface area contributed by atoms with E-state index < -0.39 is 6.10 Å². The Bertz CT molecular complexity index is 1130. The largest absolute Gasteiger partial charge is 0.393 e. The van der Waals surface area contributed by atoms with E-state index in [0.717, 1.165) is 31.4 Å². The second-order valence-electron chi connectivity index (χ2n) is 9.23. The highest BCUT2D eigenvalue weighted by molar-refractivity contribution is 5.94. The number of amides is 1. The number of nitrogens with zero attached hydrogens (tertiary/aromatic N) is 3. The van der Waals surface area contributed by atoms with Crippen LogP contribution in [0.25, 0.3) is 11.1 Å². The Balaban J connectivity index is 1.24. The van der Waals surface area contributed by atoms with Crippen molar-refractivity contribution >= 4 is 22.9 Å². The van der Waals surface area contributed by atoms with Crippen LogP contribution in [-0.4, -0.2) is 31.7 Å². The lowest BCUT2D eigenvalue weighted by molar-refractivity contribution is -0.121. The van der Waals surface area contributed by atoms with Gasteiger partial charge in [0.2, 0.25) is 5.91 Å². The number of carbonyl (C=O) groups excluding carboxylic acids is 1. The molecule has 3 heterocycles. The summed E-state index contributed by atoms with van der Waals surface area (Å²) in [5, 5.41) is 14.2. The predicted molar refractivity (Wildman–Crippen MR) is 129 cm³/mol. The Morgan fingerprint density at radius 2 is 1.88 bits per heavy atom.